The van der Waals surface area contributed by atoms with Crippen LogP contribution < -0.4 is 5.43 Å². The number of hydrogen-bond acceptors (Lipinski definition) is 5. The molecule has 2 heterocycles. The number of aromatic nitrogens is 2. The Bertz CT molecular complexity index is 867. The summed E-state index contributed by atoms with van der Waals surface area (Å²) in [5, 5.41) is 1.15. The molecule has 0 unspecified atom stereocenters. The van der Waals surface area contributed by atoms with Gasteiger partial charge in [-0.25, -0.2) is 9.97 Å². The summed E-state index contributed by atoms with van der Waals surface area (Å²) < 4.78 is 5.73. The van der Waals surface area contributed by atoms with E-state index in [0.717, 1.165) is 11.4 Å². The maximum absolute atomic E-state index is 12.6. The molecule has 0 saturated carbocycles. The van der Waals surface area contributed by atoms with Crippen LogP contribution in [-0.4, -0.2) is 9.97 Å². The van der Waals surface area contributed by atoms with Crippen LogP contribution in [0.4, 0.5) is 0 Å². The highest BCUT2D eigenvalue weighted by molar-refractivity contribution is 7.99. The molecule has 0 radical (unpaired) electrons. The molecule has 4 nitrogen and oxygen atoms in total. The lowest BCUT2D eigenvalue weighted by molar-refractivity contribution is 0.547. The van der Waals surface area contributed by atoms with Gasteiger partial charge in [0.15, 0.2) is 5.16 Å². The summed E-state index contributed by atoms with van der Waals surface area (Å²) in [7, 11) is 0. The number of para-hydroxylation sites is 1. The van der Waals surface area contributed by atoms with E-state index < -0.39 is 0 Å². The van der Waals surface area contributed by atoms with Gasteiger partial charge in [0.1, 0.15) is 16.2 Å². The third kappa shape index (κ3) is 2.69. The van der Waals surface area contributed by atoms with Gasteiger partial charge in [0.05, 0.1) is 5.39 Å². The average Bonchev–Trinajstić information content (AvgIpc) is 2.42. The quantitative estimate of drug-likeness (QED) is 0.676. The summed E-state index contributed by atoms with van der Waals surface area (Å²) >= 11 is 1.26. The van der Waals surface area contributed by atoms with Gasteiger partial charge >= 0.3 is 0 Å². The fourth-order valence-electron chi connectivity index (χ4n) is 2.19. The molecule has 0 atom stereocenters. The molecule has 2 aromatic heterocycles. The van der Waals surface area contributed by atoms with Gasteiger partial charge in [0, 0.05) is 11.4 Å². The van der Waals surface area contributed by atoms with Crippen LogP contribution in [0.15, 0.2) is 49.6 Å². The molecule has 0 bridgehead atoms. The van der Waals surface area contributed by atoms with Crippen molar-refractivity contribution in [2.45, 2.75) is 30.8 Å². The molecule has 3 aromatic rings. The van der Waals surface area contributed by atoms with Gasteiger partial charge in [0.25, 0.3) is 0 Å². The van der Waals surface area contributed by atoms with Crippen molar-refractivity contribution in [1.82, 2.24) is 9.97 Å². The van der Waals surface area contributed by atoms with Crippen molar-refractivity contribution in [3.05, 3.63) is 57.7 Å². The van der Waals surface area contributed by atoms with Crippen LogP contribution in [-0.2, 0) is 0 Å². The van der Waals surface area contributed by atoms with Crippen molar-refractivity contribution in [3.8, 4) is 0 Å². The maximum atomic E-state index is 12.6. The first kappa shape index (κ1) is 13.8. The zero-order chi connectivity index (χ0) is 15.0. The maximum Gasteiger partial charge on any atom is 0.206 e. The molecular formula is C16H14N2O2S. The first-order valence-corrected chi connectivity index (χ1v) is 7.39. The molecule has 0 saturated heterocycles. The Morgan fingerprint density at radius 3 is 2.43 bits per heavy atom. The number of fused-ring (bicyclic) bond motifs is 1. The zero-order valence-electron chi connectivity index (χ0n) is 12.0. The predicted octanol–water partition coefficient (Wildman–Crippen LogP) is 3.66. The van der Waals surface area contributed by atoms with E-state index in [9.17, 15) is 4.79 Å². The number of rotatable bonds is 2. The Morgan fingerprint density at radius 1 is 1.05 bits per heavy atom. The summed E-state index contributed by atoms with van der Waals surface area (Å²) in [5.74, 6) is 0.589. The molecule has 0 N–H and O–H groups in total. The largest absolute Gasteiger partial charge is 0.460 e. The summed E-state index contributed by atoms with van der Waals surface area (Å²) in [6, 6.07) is 9.15. The highest BCUT2D eigenvalue weighted by atomic mass is 32.2. The minimum atomic E-state index is -0.0397. The fraction of sp³-hybridized carbons (Fsp3) is 0.188. The van der Waals surface area contributed by atoms with Gasteiger partial charge in [-0.15, -0.1) is 0 Å². The Kier molecular flexibility index (Phi) is 3.51. The zero-order valence-corrected chi connectivity index (χ0v) is 12.8. The van der Waals surface area contributed by atoms with Crippen LogP contribution in [0.1, 0.15) is 17.1 Å². The van der Waals surface area contributed by atoms with Crippen molar-refractivity contribution >= 4 is 22.7 Å². The topological polar surface area (TPSA) is 56.0 Å². The third-order valence-corrected chi connectivity index (χ3v) is 4.12. The van der Waals surface area contributed by atoms with Crippen molar-refractivity contribution < 1.29 is 4.42 Å². The Hall–Kier alpha value is -2.14. The average molecular weight is 298 g/mol. The number of benzene rings is 1. The fourth-order valence-corrected chi connectivity index (χ4v) is 3.14. The molecule has 0 amide bonds. The molecule has 1 aromatic carbocycles. The summed E-state index contributed by atoms with van der Waals surface area (Å²) in [6.45, 7) is 5.61. The van der Waals surface area contributed by atoms with Crippen LogP contribution >= 0.6 is 11.8 Å². The van der Waals surface area contributed by atoms with Crippen molar-refractivity contribution in [3.63, 3.8) is 0 Å². The van der Waals surface area contributed by atoms with Crippen LogP contribution in [0, 0.1) is 20.8 Å². The second kappa shape index (κ2) is 5.33. The Labute approximate surface area is 126 Å². The van der Waals surface area contributed by atoms with Crippen LogP contribution in [0.5, 0.6) is 0 Å². The molecule has 5 heteroatoms. The molecule has 0 spiro atoms. The minimum absolute atomic E-state index is 0.0397. The standard InChI is InChI=1S/C16H14N2O2S/c1-9-8-10(2)18-16(17-9)21-15-11(3)20-13-7-5-4-6-12(13)14(15)19/h4-8H,1-3H3. The van der Waals surface area contributed by atoms with E-state index in [1.807, 2.05) is 32.0 Å². The van der Waals surface area contributed by atoms with Gasteiger partial charge in [-0.1, -0.05) is 12.1 Å². The molecule has 0 aliphatic rings. The molecule has 0 aliphatic carbocycles. The van der Waals surface area contributed by atoms with Crippen molar-refractivity contribution in [2.24, 2.45) is 0 Å². The van der Waals surface area contributed by atoms with E-state index in [-0.39, 0.29) is 5.43 Å². The van der Waals surface area contributed by atoms with E-state index in [0.29, 0.717) is 26.8 Å². The first-order valence-electron chi connectivity index (χ1n) is 6.57. The molecule has 106 valence electrons. The minimum Gasteiger partial charge on any atom is -0.460 e. The summed E-state index contributed by atoms with van der Waals surface area (Å²) in [6.07, 6.45) is 0. The van der Waals surface area contributed by atoms with E-state index >= 15 is 0 Å². The second-order valence-electron chi connectivity index (χ2n) is 4.85. The predicted molar refractivity (Wildman–Crippen MR) is 82.9 cm³/mol. The molecular weight excluding hydrogens is 284 g/mol. The lowest BCUT2D eigenvalue weighted by Crippen LogP contribution is -2.07. The van der Waals surface area contributed by atoms with E-state index in [2.05, 4.69) is 9.97 Å². The summed E-state index contributed by atoms with van der Waals surface area (Å²) in [4.78, 5) is 21.9. The third-order valence-electron chi connectivity index (χ3n) is 3.08. The van der Waals surface area contributed by atoms with Crippen molar-refractivity contribution in [1.29, 1.82) is 0 Å². The van der Waals surface area contributed by atoms with E-state index in [1.54, 1.807) is 19.1 Å². The van der Waals surface area contributed by atoms with Crippen LogP contribution in [0.25, 0.3) is 11.0 Å². The monoisotopic (exact) mass is 298 g/mol. The molecule has 0 aliphatic heterocycles. The summed E-state index contributed by atoms with van der Waals surface area (Å²) in [5.41, 5.74) is 2.33. The first-order chi connectivity index (χ1) is 10.0. The number of hydrogen-bond donors (Lipinski definition) is 0. The van der Waals surface area contributed by atoms with Gasteiger partial charge in [-0.05, 0) is 50.7 Å². The smallest absolute Gasteiger partial charge is 0.206 e. The SMILES string of the molecule is Cc1cc(C)nc(Sc2c(C)oc3ccccc3c2=O)n1. The normalized spacial score (nSPS) is 11.0. The van der Waals surface area contributed by atoms with E-state index in [4.69, 9.17) is 4.42 Å². The lowest BCUT2D eigenvalue weighted by Gasteiger charge is -2.06. The van der Waals surface area contributed by atoms with Gasteiger partial charge < -0.3 is 4.42 Å². The lowest BCUT2D eigenvalue weighted by atomic mass is 10.2. The second-order valence-corrected chi connectivity index (χ2v) is 5.83. The van der Waals surface area contributed by atoms with E-state index in [1.165, 1.54) is 11.8 Å². The van der Waals surface area contributed by atoms with Gasteiger partial charge in [-0.2, -0.15) is 0 Å². The number of aryl methyl sites for hydroxylation is 3. The molecule has 0 fully saturated rings. The highest BCUT2D eigenvalue weighted by Crippen LogP contribution is 2.27. The molecule has 3 rings (SSSR count). The van der Waals surface area contributed by atoms with Gasteiger partial charge in [-0.3, -0.25) is 4.79 Å². The number of nitrogens with zero attached hydrogens (tertiary/aromatic N) is 2. The van der Waals surface area contributed by atoms with Crippen LogP contribution in [0.2, 0.25) is 0 Å². The van der Waals surface area contributed by atoms with Crippen molar-refractivity contribution in [2.75, 3.05) is 0 Å². The van der Waals surface area contributed by atoms with Crippen LogP contribution in [0.3, 0.4) is 0 Å². The Morgan fingerprint density at radius 2 is 1.71 bits per heavy atom. The molecule has 21 heavy (non-hydrogen) atoms. The highest BCUT2D eigenvalue weighted by Gasteiger charge is 2.14. The van der Waals surface area contributed by atoms with Gasteiger partial charge in [0.2, 0.25) is 5.43 Å². The Balaban J connectivity index is 2.14.